The van der Waals surface area contributed by atoms with Crippen LogP contribution in [-0.2, 0) is 6.42 Å². The maximum absolute atomic E-state index is 3.82. The maximum Gasteiger partial charge on any atom is 0.0164 e. The third-order valence-electron chi connectivity index (χ3n) is 5.50. The van der Waals surface area contributed by atoms with Gasteiger partial charge in [0.2, 0.25) is 0 Å². The van der Waals surface area contributed by atoms with Crippen molar-refractivity contribution in [3.8, 4) is 0 Å². The van der Waals surface area contributed by atoms with Gasteiger partial charge in [0, 0.05) is 6.04 Å². The third-order valence-corrected chi connectivity index (χ3v) is 5.50. The van der Waals surface area contributed by atoms with Crippen molar-refractivity contribution in [2.75, 3.05) is 6.54 Å². The molecule has 1 aromatic carbocycles. The van der Waals surface area contributed by atoms with E-state index in [1.807, 2.05) is 0 Å². The molecule has 0 aliphatic heterocycles. The molecule has 4 unspecified atom stereocenters. The monoisotopic (exact) mass is 243 g/mol. The highest BCUT2D eigenvalue weighted by atomic mass is 15.0. The Bertz CT molecular complexity index is 439. The van der Waals surface area contributed by atoms with E-state index >= 15 is 0 Å². The molecule has 4 atom stereocenters. The minimum atomic E-state index is 0.465. The van der Waals surface area contributed by atoms with Gasteiger partial charge in [0.15, 0.2) is 0 Å². The van der Waals surface area contributed by atoms with E-state index in [1.54, 1.807) is 11.1 Å². The topological polar surface area (TPSA) is 12.0 Å². The second-order valence-corrected chi connectivity index (χ2v) is 6.34. The summed E-state index contributed by atoms with van der Waals surface area (Å²) in [5.74, 6) is 1.65. The molecule has 0 radical (unpaired) electrons. The first-order valence-electron chi connectivity index (χ1n) is 7.53. The lowest BCUT2D eigenvalue weighted by Crippen LogP contribution is -2.62. The molecule has 2 aliphatic rings. The Morgan fingerprint density at radius 2 is 2.06 bits per heavy atom. The van der Waals surface area contributed by atoms with E-state index in [2.05, 4.69) is 50.4 Å². The number of nitrogens with one attached hydrogen (secondary N) is 1. The number of rotatable bonds is 4. The van der Waals surface area contributed by atoms with Gasteiger partial charge in [0.05, 0.1) is 0 Å². The lowest BCUT2D eigenvalue weighted by molar-refractivity contribution is -0.0179. The van der Waals surface area contributed by atoms with Crippen molar-refractivity contribution in [1.82, 2.24) is 5.32 Å². The van der Waals surface area contributed by atoms with E-state index in [0.717, 1.165) is 17.9 Å². The Morgan fingerprint density at radius 3 is 2.78 bits per heavy atom. The van der Waals surface area contributed by atoms with E-state index in [1.165, 1.54) is 25.8 Å². The summed E-state index contributed by atoms with van der Waals surface area (Å²) in [5.41, 5.74) is 3.71. The van der Waals surface area contributed by atoms with Crippen molar-refractivity contribution in [3.05, 3.63) is 35.4 Å². The van der Waals surface area contributed by atoms with Crippen LogP contribution in [-0.4, -0.2) is 12.6 Å². The van der Waals surface area contributed by atoms with E-state index in [9.17, 15) is 0 Å². The van der Waals surface area contributed by atoms with E-state index in [-0.39, 0.29) is 0 Å². The van der Waals surface area contributed by atoms with Crippen molar-refractivity contribution >= 4 is 0 Å². The molecule has 1 fully saturated rings. The van der Waals surface area contributed by atoms with Crippen LogP contribution >= 0.6 is 0 Å². The summed E-state index contributed by atoms with van der Waals surface area (Å²) in [7, 11) is 0. The second kappa shape index (κ2) is 4.38. The van der Waals surface area contributed by atoms with Crippen LogP contribution in [0.2, 0.25) is 0 Å². The normalized spacial score (nSPS) is 36.9. The summed E-state index contributed by atoms with van der Waals surface area (Å²) in [5, 5.41) is 3.82. The van der Waals surface area contributed by atoms with Gasteiger partial charge in [-0.25, -0.2) is 0 Å². The summed E-state index contributed by atoms with van der Waals surface area (Å²) in [6.07, 6.45) is 3.81. The van der Waals surface area contributed by atoms with Gasteiger partial charge in [0.25, 0.3) is 0 Å². The molecule has 0 aromatic heterocycles. The Kier molecular flexibility index (Phi) is 2.97. The summed E-state index contributed by atoms with van der Waals surface area (Å²) >= 11 is 0. The van der Waals surface area contributed by atoms with Crippen LogP contribution in [0, 0.1) is 11.3 Å². The molecule has 0 spiro atoms. The Labute approximate surface area is 111 Å². The van der Waals surface area contributed by atoms with Gasteiger partial charge in [-0.1, -0.05) is 45.0 Å². The van der Waals surface area contributed by atoms with Crippen molar-refractivity contribution < 1.29 is 0 Å². The Balaban J connectivity index is 1.89. The van der Waals surface area contributed by atoms with Crippen LogP contribution in [0.15, 0.2) is 24.3 Å². The first-order chi connectivity index (χ1) is 8.72. The average molecular weight is 243 g/mol. The van der Waals surface area contributed by atoms with Gasteiger partial charge < -0.3 is 5.32 Å². The number of hydrogen-bond donors (Lipinski definition) is 1. The molecule has 1 N–H and O–H groups in total. The smallest absolute Gasteiger partial charge is 0.0164 e. The molecule has 1 aromatic rings. The van der Waals surface area contributed by atoms with E-state index < -0.39 is 0 Å². The van der Waals surface area contributed by atoms with Crippen molar-refractivity contribution in [2.24, 2.45) is 11.3 Å². The summed E-state index contributed by atoms with van der Waals surface area (Å²) in [4.78, 5) is 0. The zero-order valence-electron chi connectivity index (χ0n) is 11.9. The summed E-state index contributed by atoms with van der Waals surface area (Å²) in [6.45, 7) is 8.27. The molecule has 3 rings (SSSR count). The molecule has 0 bridgehead atoms. The lowest BCUT2D eigenvalue weighted by Gasteiger charge is -2.58. The molecule has 1 saturated carbocycles. The first kappa shape index (κ1) is 12.2. The highest BCUT2D eigenvalue weighted by Crippen LogP contribution is 2.63. The van der Waals surface area contributed by atoms with Gasteiger partial charge in [-0.3, -0.25) is 0 Å². The first-order valence-corrected chi connectivity index (χ1v) is 7.53. The molecule has 98 valence electrons. The fourth-order valence-electron chi connectivity index (χ4n) is 4.47. The van der Waals surface area contributed by atoms with Gasteiger partial charge in [-0.2, -0.15) is 0 Å². The molecule has 18 heavy (non-hydrogen) atoms. The SMILES string of the molecule is CCCNC1C2Cc3ccccc3C2C1(C)CC. The van der Waals surface area contributed by atoms with Gasteiger partial charge >= 0.3 is 0 Å². The van der Waals surface area contributed by atoms with Crippen LogP contribution in [0.1, 0.15) is 50.7 Å². The number of fused-ring (bicyclic) bond motifs is 3. The summed E-state index contributed by atoms with van der Waals surface area (Å²) in [6, 6.07) is 9.83. The van der Waals surface area contributed by atoms with E-state index in [0.29, 0.717) is 5.41 Å². The average Bonchev–Trinajstić information content (AvgIpc) is 2.74. The highest BCUT2D eigenvalue weighted by molar-refractivity contribution is 5.43. The van der Waals surface area contributed by atoms with Crippen LogP contribution in [0.3, 0.4) is 0 Å². The molecular formula is C17H25N. The minimum Gasteiger partial charge on any atom is -0.313 e. The second-order valence-electron chi connectivity index (χ2n) is 6.34. The van der Waals surface area contributed by atoms with E-state index in [4.69, 9.17) is 0 Å². The zero-order chi connectivity index (χ0) is 12.8. The standard InChI is InChI=1S/C17H25N/c1-4-10-18-16-14-11-12-8-6-7-9-13(12)15(14)17(16,3)5-2/h6-9,14-16,18H,4-5,10-11H2,1-3H3. The lowest BCUT2D eigenvalue weighted by atomic mass is 9.50. The predicted octanol–water partition coefficient (Wildman–Crippen LogP) is 3.74. The minimum absolute atomic E-state index is 0.465. The number of benzene rings is 1. The molecule has 1 nitrogen and oxygen atoms in total. The fourth-order valence-corrected chi connectivity index (χ4v) is 4.47. The fraction of sp³-hybridized carbons (Fsp3) is 0.647. The Hall–Kier alpha value is -0.820. The van der Waals surface area contributed by atoms with Crippen LogP contribution in [0.25, 0.3) is 0 Å². The quantitative estimate of drug-likeness (QED) is 0.849. The van der Waals surface area contributed by atoms with Crippen molar-refractivity contribution in [1.29, 1.82) is 0 Å². The van der Waals surface area contributed by atoms with Crippen LogP contribution < -0.4 is 5.32 Å². The maximum atomic E-state index is 3.82. The third kappa shape index (κ3) is 1.50. The zero-order valence-corrected chi connectivity index (χ0v) is 11.9. The molecule has 0 saturated heterocycles. The largest absolute Gasteiger partial charge is 0.313 e. The predicted molar refractivity (Wildman–Crippen MR) is 76.9 cm³/mol. The highest BCUT2D eigenvalue weighted by Gasteiger charge is 2.60. The van der Waals surface area contributed by atoms with Crippen LogP contribution in [0.4, 0.5) is 0 Å². The molecule has 1 heteroatoms. The van der Waals surface area contributed by atoms with Gasteiger partial charge in [-0.15, -0.1) is 0 Å². The van der Waals surface area contributed by atoms with Crippen molar-refractivity contribution in [2.45, 2.75) is 52.0 Å². The van der Waals surface area contributed by atoms with Gasteiger partial charge in [-0.05, 0) is 54.2 Å². The molecule has 0 heterocycles. The molecule has 2 aliphatic carbocycles. The molecular weight excluding hydrogens is 218 g/mol. The van der Waals surface area contributed by atoms with Crippen LogP contribution in [0.5, 0.6) is 0 Å². The summed E-state index contributed by atoms with van der Waals surface area (Å²) < 4.78 is 0. The number of hydrogen-bond acceptors (Lipinski definition) is 1. The molecule has 0 amide bonds. The van der Waals surface area contributed by atoms with Gasteiger partial charge in [0.1, 0.15) is 0 Å². The Morgan fingerprint density at radius 1 is 1.28 bits per heavy atom. The van der Waals surface area contributed by atoms with Crippen molar-refractivity contribution in [3.63, 3.8) is 0 Å².